The lowest BCUT2D eigenvalue weighted by molar-refractivity contribution is -0.123. The summed E-state index contributed by atoms with van der Waals surface area (Å²) in [5.74, 6) is -0.250. The van der Waals surface area contributed by atoms with Crippen LogP contribution in [0.5, 0.6) is 0 Å². The number of amides is 2. The van der Waals surface area contributed by atoms with Crippen LogP contribution in [-0.2, 0) is 11.3 Å². The Balaban J connectivity index is 1.81. The van der Waals surface area contributed by atoms with Gasteiger partial charge in [-0.2, -0.15) is 0 Å². The first-order chi connectivity index (χ1) is 10.1. The minimum atomic E-state index is -0.250. The summed E-state index contributed by atoms with van der Waals surface area (Å²) in [6.45, 7) is 0.284. The van der Waals surface area contributed by atoms with Gasteiger partial charge in [0, 0.05) is 16.4 Å². The van der Waals surface area contributed by atoms with Gasteiger partial charge in [0.1, 0.15) is 0 Å². The van der Waals surface area contributed by atoms with Crippen LogP contribution in [0.1, 0.15) is 11.3 Å². The summed E-state index contributed by atoms with van der Waals surface area (Å²) in [7, 11) is 0. The van der Waals surface area contributed by atoms with Gasteiger partial charge in [0.2, 0.25) is 0 Å². The molecular formula is C15H11BrN2O2S. The predicted molar refractivity (Wildman–Crippen MR) is 86.4 cm³/mol. The first-order valence-corrected chi connectivity index (χ1v) is 7.87. The summed E-state index contributed by atoms with van der Waals surface area (Å²) in [6, 6.07) is 11.3. The van der Waals surface area contributed by atoms with E-state index in [0.29, 0.717) is 4.91 Å². The minimum Gasteiger partial charge on any atom is -0.362 e. The van der Waals surface area contributed by atoms with Crippen LogP contribution in [0.25, 0.3) is 6.08 Å². The van der Waals surface area contributed by atoms with Crippen LogP contribution in [0.2, 0.25) is 0 Å². The maximum Gasteiger partial charge on any atom is 0.293 e. The van der Waals surface area contributed by atoms with E-state index < -0.39 is 0 Å². The van der Waals surface area contributed by atoms with Gasteiger partial charge < -0.3 is 4.98 Å². The monoisotopic (exact) mass is 362 g/mol. The van der Waals surface area contributed by atoms with Crippen LogP contribution in [0.3, 0.4) is 0 Å². The van der Waals surface area contributed by atoms with Crippen molar-refractivity contribution in [2.45, 2.75) is 6.54 Å². The van der Waals surface area contributed by atoms with Gasteiger partial charge in [-0.05, 0) is 47.7 Å². The number of carbonyl (C=O) groups is 2. The SMILES string of the molecule is O=C1S/C(=C/c2ccc[nH]2)C(=O)N1Cc1cccc(Br)c1. The molecule has 3 rings (SSSR count). The third-order valence-electron chi connectivity index (χ3n) is 3.01. The maximum atomic E-state index is 12.3. The zero-order chi connectivity index (χ0) is 14.8. The summed E-state index contributed by atoms with van der Waals surface area (Å²) in [4.78, 5) is 29.0. The lowest BCUT2D eigenvalue weighted by atomic mass is 10.2. The maximum absolute atomic E-state index is 12.3. The number of hydrogen-bond acceptors (Lipinski definition) is 3. The molecule has 0 spiro atoms. The van der Waals surface area contributed by atoms with E-state index in [4.69, 9.17) is 0 Å². The van der Waals surface area contributed by atoms with Crippen LogP contribution < -0.4 is 0 Å². The molecular weight excluding hydrogens is 352 g/mol. The highest BCUT2D eigenvalue weighted by Gasteiger charge is 2.35. The molecule has 0 saturated carbocycles. The first kappa shape index (κ1) is 14.2. The van der Waals surface area contributed by atoms with Crippen molar-refractivity contribution in [2.75, 3.05) is 0 Å². The van der Waals surface area contributed by atoms with E-state index in [1.54, 1.807) is 12.3 Å². The van der Waals surface area contributed by atoms with Gasteiger partial charge in [-0.25, -0.2) is 0 Å². The molecule has 2 heterocycles. The summed E-state index contributed by atoms with van der Waals surface area (Å²) in [5, 5.41) is -0.238. The molecule has 1 N–H and O–H groups in total. The van der Waals surface area contributed by atoms with Gasteiger partial charge in [0.25, 0.3) is 11.1 Å². The number of nitrogens with zero attached hydrogens (tertiary/aromatic N) is 1. The van der Waals surface area contributed by atoms with Gasteiger partial charge in [-0.3, -0.25) is 14.5 Å². The Hall–Kier alpha value is -1.79. The standard InChI is InChI=1S/C15H11BrN2O2S/c16-11-4-1-3-10(7-11)9-18-14(19)13(21-15(18)20)8-12-5-2-6-17-12/h1-8,17H,9H2/b13-8+. The van der Waals surface area contributed by atoms with Gasteiger partial charge in [0.15, 0.2) is 0 Å². The number of nitrogens with one attached hydrogen (secondary N) is 1. The van der Waals surface area contributed by atoms with Crippen LogP contribution in [0.15, 0.2) is 52.0 Å². The second-order valence-electron chi connectivity index (χ2n) is 4.52. The number of imide groups is 1. The molecule has 106 valence electrons. The van der Waals surface area contributed by atoms with Gasteiger partial charge >= 0.3 is 0 Å². The predicted octanol–water partition coefficient (Wildman–Crippen LogP) is 4.01. The summed E-state index contributed by atoms with van der Waals surface area (Å²) in [6.07, 6.45) is 3.48. The molecule has 1 aromatic heterocycles. The lowest BCUT2D eigenvalue weighted by Crippen LogP contribution is -2.27. The molecule has 0 atom stereocenters. The first-order valence-electron chi connectivity index (χ1n) is 6.27. The van der Waals surface area contributed by atoms with E-state index in [2.05, 4.69) is 20.9 Å². The fourth-order valence-corrected chi connectivity index (χ4v) is 3.31. The second-order valence-corrected chi connectivity index (χ2v) is 6.43. The molecule has 21 heavy (non-hydrogen) atoms. The molecule has 1 saturated heterocycles. The van der Waals surface area contributed by atoms with Crippen molar-refractivity contribution in [1.82, 2.24) is 9.88 Å². The van der Waals surface area contributed by atoms with E-state index in [0.717, 1.165) is 27.5 Å². The Bertz CT molecular complexity index is 725. The summed E-state index contributed by atoms with van der Waals surface area (Å²) >= 11 is 4.35. The van der Waals surface area contributed by atoms with Gasteiger partial charge in [-0.15, -0.1) is 0 Å². The molecule has 0 radical (unpaired) electrons. The molecule has 2 aromatic rings. The number of hydrogen-bond donors (Lipinski definition) is 1. The average Bonchev–Trinajstić information content (AvgIpc) is 3.04. The van der Waals surface area contributed by atoms with Crippen molar-refractivity contribution in [3.8, 4) is 0 Å². The van der Waals surface area contributed by atoms with E-state index in [1.165, 1.54) is 4.90 Å². The highest BCUT2D eigenvalue weighted by Crippen LogP contribution is 2.33. The Morgan fingerprint density at radius 1 is 1.24 bits per heavy atom. The number of aromatic nitrogens is 1. The number of halogens is 1. The summed E-state index contributed by atoms with van der Waals surface area (Å²) < 4.78 is 0.925. The van der Waals surface area contributed by atoms with Crippen LogP contribution in [-0.4, -0.2) is 21.0 Å². The highest BCUT2D eigenvalue weighted by atomic mass is 79.9. The van der Waals surface area contributed by atoms with E-state index in [-0.39, 0.29) is 17.7 Å². The molecule has 1 fully saturated rings. The molecule has 1 aromatic carbocycles. The Kier molecular flexibility index (Phi) is 3.98. The van der Waals surface area contributed by atoms with E-state index >= 15 is 0 Å². The molecule has 0 aliphatic carbocycles. The fraction of sp³-hybridized carbons (Fsp3) is 0.0667. The van der Waals surface area contributed by atoms with Crippen LogP contribution in [0.4, 0.5) is 4.79 Å². The molecule has 1 aliphatic heterocycles. The number of aromatic amines is 1. The molecule has 2 amide bonds. The van der Waals surface area contributed by atoms with Crippen molar-refractivity contribution in [3.63, 3.8) is 0 Å². The highest BCUT2D eigenvalue weighted by molar-refractivity contribution is 9.10. The quantitative estimate of drug-likeness (QED) is 0.839. The van der Waals surface area contributed by atoms with Crippen molar-refractivity contribution in [3.05, 3.63) is 63.2 Å². The van der Waals surface area contributed by atoms with E-state index in [9.17, 15) is 9.59 Å². The molecule has 6 heteroatoms. The number of benzene rings is 1. The third-order valence-corrected chi connectivity index (χ3v) is 4.41. The molecule has 0 bridgehead atoms. The summed E-state index contributed by atoms with van der Waals surface area (Å²) in [5.41, 5.74) is 1.72. The van der Waals surface area contributed by atoms with Gasteiger partial charge in [0.05, 0.1) is 11.4 Å². The molecule has 1 aliphatic rings. The van der Waals surface area contributed by atoms with Crippen molar-refractivity contribution in [1.29, 1.82) is 0 Å². The smallest absolute Gasteiger partial charge is 0.293 e. The van der Waals surface area contributed by atoms with Gasteiger partial charge in [-0.1, -0.05) is 28.1 Å². The van der Waals surface area contributed by atoms with E-state index in [1.807, 2.05) is 36.4 Å². The largest absolute Gasteiger partial charge is 0.362 e. The average molecular weight is 363 g/mol. The zero-order valence-electron chi connectivity index (χ0n) is 10.9. The number of rotatable bonds is 3. The Labute approximate surface area is 134 Å². The zero-order valence-corrected chi connectivity index (χ0v) is 13.3. The number of thioether (sulfide) groups is 1. The normalized spacial score (nSPS) is 17.0. The van der Waals surface area contributed by atoms with Crippen molar-refractivity contribution in [2.24, 2.45) is 0 Å². The third kappa shape index (κ3) is 3.11. The van der Waals surface area contributed by atoms with Crippen LogP contribution >= 0.6 is 27.7 Å². The Morgan fingerprint density at radius 3 is 2.81 bits per heavy atom. The fourth-order valence-electron chi connectivity index (χ4n) is 2.03. The lowest BCUT2D eigenvalue weighted by Gasteiger charge is -2.12. The number of H-pyrrole nitrogens is 1. The van der Waals surface area contributed by atoms with Crippen LogP contribution in [0, 0.1) is 0 Å². The molecule has 4 nitrogen and oxygen atoms in total. The topological polar surface area (TPSA) is 53.2 Å². The van der Waals surface area contributed by atoms with Crippen molar-refractivity contribution < 1.29 is 9.59 Å². The molecule has 0 unspecified atom stereocenters. The van der Waals surface area contributed by atoms with Crippen molar-refractivity contribution >= 4 is 44.9 Å². The number of carbonyl (C=O) groups excluding carboxylic acids is 2. The Morgan fingerprint density at radius 2 is 2.10 bits per heavy atom. The second kappa shape index (κ2) is 5.91. The minimum absolute atomic E-state index is 0.238.